The number of hydrogen-bond acceptors (Lipinski definition) is 5. The largest absolute Gasteiger partial charge is 0.497 e. The summed E-state index contributed by atoms with van der Waals surface area (Å²) in [5.74, 6) is 0.347. The lowest BCUT2D eigenvalue weighted by molar-refractivity contribution is -0.115. The zero-order valence-corrected chi connectivity index (χ0v) is 17.1. The fourth-order valence-corrected chi connectivity index (χ4v) is 3.38. The minimum absolute atomic E-state index is 0.0988. The van der Waals surface area contributed by atoms with Crippen molar-refractivity contribution in [2.75, 3.05) is 17.7 Å². The predicted molar refractivity (Wildman–Crippen MR) is 122 cm³/mol. The standard InChI is InChI=1S/C25H22N2O4/c1-30-19-11-7-10-18(14-19)15-22(28)27-24-23(26-16-17-8-3-2-4-9-17)20-12-5-6-13-21(20)31-25(24)29/h2-14,26H,15-16H2,1H3,(H,27,28). The summed E-state index contributed by atoms with van der Waals surface area (Å²) in [6.45, 7) is 0.493. The van der Waals surface area contributed by atoms with Gasteiger partial charge < -0.3 is 19.8 Å². The van der Waals surface area contributed by atoms with Gasteiger partial charge >= 0.3 is 5.63 Å². The highest BCUT2D eigenvalue weighted by atomic mass is 16.5. The van der Waals surface area contributed by atoms with Gasteiger partial charge in [0.1, 0.15) is 11.3 Å². The van der Waals surface area contributed by atoms with Crippen LogP contribution in [0.25, 0.3) is 11.0 Å². The van der Waals surface area contributed by atoms with Crippen LogP contribution in [-0.4, -0.2) is 13.0 Å². The number of carbonyl (C=O) groups excluding carboxylic acids is 1. The van der Waals surface area contributed by atoms with Crippen molar-refractivity contribution < 1.29 is 13.9 Å². The Kier molecular flexibility index (Phi) is 5.98. The zero-order valence-electron chi connectivity index (χ0n) is 17.1. The molecule has 2 N–H and O–H groups in total. The molecular weight excluding hydrogens is 392 g/mol. The van der Waals surface area contributed by atoms with E-state index in [0.29, 0.717) is 23.6 Å². The topological polar surface area (TPSA) is 80.6 Å². The molecule has 31 heavy (non-hydrogen) atoms. The first kappa shape index (κ1) is 20.2. The van der Waals surface area contributed by atoms with Crippen LogP contribution in [0, 0.1) is 0 Å². The summed E-state index contributed by atoms with van der Waals surface area (Å²) in [6.07, 6.45) is 0.0988. The number of rotatable bonds is 7. The summed E-state index contributed by atoms with van der Waals surface area (Å²) in [5.41, 5.74) is 2.31. The molecule has 6 heteroatoms. The molecule has 6 nitrogen and oxygen atoms in total. The number of para-hydroxylation sites is 1. The summed E-state index contributed by atoms with van der Waals surface area (Å²) in [7, 11) is 1.57. The molecule has 0 unspecified atom stereocenters. The number of benzene rings is 3. The van der Waals surface area contributed by atoms with E-state index in [1.807, 2.05) is 60.7 Å². The first-order valence-corrected chi connectivity index (χ1v) is 9.90. The van der Waals surface area contributed by atoms with Gasteiger partial charge in [-0.2, -0.15) is 0 Å². The molecule has 0 aliphatic heterocycles. The van der Waals surface area contributed by atoms with Crippen molar-refractivity contribution >= 4 is 28.3 Å². The molecule has 0 atom stereocenters. The Balaban J connectivity index is 1.64. The first-order valence-electron chi connectivity index (χ1n) is 9.90. The SMILES string of the molecule is COc1cccc(CC(=O)Nc2c(NCc3ccccc3)c3ccccc3oc2=O)c1. The van der Waals surface area contributed by atoms with Gasteiger partial charge in [-0.3, -0.25) is 4.79 Å². The molecule has 1 aromatic heterocycles. The Morgan fingerprint density at radius 3 is 2.45 bits per heavy atom. The summed E-state index contributed by atoms with van der Waals surface area (Å²) in [6, 6.07) is 24.3. The third-order valence-electron chi connectivity index (χ3n) is 4.89. The van der Waals surface area contributed by atoms with Gasteiger partial charge in [-0.05, 0) is 35.4 Å². The Morgan fingerprint density at radius 1 is 0.903 bits per heavy atom. The molecule has 1 heterocycles. The molecule has 4 aromatic rings. The van der Waals surface area contributed by atoms with E-state index in [0.717, 1.165) is 16.5 Å². The van der Waals surface area contributed by atoms with Crippen LogP contribution in [-0.2, 0) is 17.8 Å². The lowest BCUT2D eigenvalue weighted by Gasteiger charge is -2.15. The van der Waals surface area contributed by atoms with Gasteiger partial charge in [0, 0.05) is 11.9 Å². The van der Waals surface area contributed by atoms with E-state index in [9.17, 15) is 9.59 Å². The van der Waals surface area contributed by atoms with E-state index in [2.05, 4.69) is 10.6 Å². The molecule has 0 bridgehead atoms. The van der Waals surface area contributed by atoms with Crippen LogP contribution in [0.3, 0.4) is 0 Å². The van der Waals surface area contributed by atoms with E-state index in [1.165, 1.54) is 0 Å². The highest BCUT2D eigenvalue weighted by molar-refractivity contribution is 6.02. The molecule has 0 radical (unpaired) electrons. The molecule has 3 aromatic carbocycles. The quantitative estimate of drug-likeness (QED) is 0.432. The van der Waals surface area contributed by atoms with Gasteiger partial charge in [0.05, 0.1) is 19.2 Å². The summed E-state index contributed by atoms with van der Waals surface area (Å²) < 4.78 is 10.7. The zero-order chi connectivity index (χ0) is 21.6. The van der Waals surface area contributed by atoms with E-state index >= 15 is 0 Å². The normalized spacial score (nSPS) is 10.6. The van der Waals surface area contributed by atoms with Crippen LogP contribution in [0.2, 0.25) is 0 Å². The molecule has 0 aliphatic rings. The fourth-order valence-electron chi connectivity index (χ4n) is 3.38. The van der Waals surface area contributed by atoms with Crippen molar-refractivity contribution in [3.63, 3.8) is 0 Å². The number of nitrogens with one attached hydrogen (secondary N) is 2. The maximum Gasteiger partial charge on any atom is 0.362 e. The van der Waals surface area contributed by atoms with Crippen molar-refractivity contribution in [2.45, 2.75) is 13.0 Å². The molecule has 1 amide bonds. The van der Waals surface area contributed by atoms with Crippen LogP contribution >= 0.6 is 0 Å². The number of methoxy groups -OCH3 is 1. The maximum absolute atomic E-state index is 12.7. The van der Waals surface area contributed by atoms with Gasteiger partial charge in [0.15, 0.2) is 5.69 Å². The Hall–Kier alpha value is -4.06. The van der Waals surface area contributed by atoms with Crippen molar-refractivity contribution in [2.24, 2.45) is 0 Å². The van der Waals surface area contributed by atoms with Crippen molar-refractivity contribution in [1.82, 2.24) is 0 Å². The number of anilines is 2. The second-order valence-corrected chi connectivity index (χ2v) is 7.05. The van der Waals surface area contributed by atoms with Crippen LogP contribution in [0.15, 0.2) is 88.1 Å². The average molecular weight is 414 g/mol. The monoisotopic (exact) mass is 414 g/mol. The fraction of sp³-hybridized carbons (Fsp3) is 0.120. The lowest BCUT2D eigenvalue weighted by atomic mass is 10.1. The van der Waals surface area contributed by atoms with Gasteiger partial charge in [-0.1, -0.05) is 54.6 Å². The molecular formula is C25H22N2O4. The number of carbonyl (C=O) groups is 1. The van der Waals surface area contributed by atoms with Crippen LogP contribution in [0.1, 0.15) is 11.1 Å². The van der Waals surface area contributed by atoms with Crippen LogP contribution in [0.4, 0.5) is 11.4 Å². The minimum Gasteiger partial charge on any atom is -0.497 e. The Morgan fingerprint density at radius 2 is 1.65 bits per heavy atom. The van der Waals surface area contributed by atoms with Gasteiger partial charge in [0.25, 0.3) is 0 Å². The van der Waals surface area contributed by atoms with Gasteiger partial charge in [-0.15, -0.1) is 0 Å². The number of amides is 1. The molecule has 156 valence electrons. The van der Waals surface area contributed by atoms with E-state index in [4.69, 9.17) is 9.15 Å². The van der Waals surface area contributed by atoms with Gasteiger partial charge in [0.2, 0.25) is 5.91 Å². The second kappa shape index (κ2) is 9.17. The van der Waals surface area contributed by atoms with Crippen molar-refractivity contribution in [1.29, 1.82) is 0 Å². The summed E-state index contributed by atoms with van der Waals surface area (Å²) in [4.78, 5) is 25.4. The summed E-state index contributed by atoms with van der Waals surface area (Å²) in [5, 5.41) is 6.77. The van der Waals surface area contributed by atoms with E-state index in [1.54, 1.807) is 25.3 Å². The second-order valence-electron chi connectivity index (χ2n) is 7.05. The predicted octanol–water partition coefficient (Wildman–Crippen LogP) is 4.59. The van der Waals surface area contributed by atoms with Crippen molar-refractivity contribution in [3.8, 4) is 5.75 Å². The highest BCUT2D eigenvalue weighted by Crippen LogP contribution is 2.29. The van der Waals surface area contributed by atoms with E-state index < -0.39 is 5.63 Å². The molecule has 0 aliphatic carbocycles. The molecule has 0 saturated carbocycles. The lowest BCUT2D eigenvalue weighted by Crippen LogP contribution is -2.21. The third kappa shape index (κ3) is 4.75. The average Bonchev–Trinajstić information content (AvgIpc) is 2.79. The third-order valence-corrected chi connectivity index (χ3v) is 4.89. The molecule has 4 rings (SSSR count). The first-order chi connectivity index (χ1) is 15.1. The number of fused-ring (bicyclic) bond motifs is 1. The van der Waals surface area contributed by atoms with E-state index in [-0.39, 0.29) is 18.0 Å². The van der Waals surface area contributed by atoms with Crippen LogP contribution < -0.4 is 21.0 Å². The molecule has 0 fully saturated rings. The van der Waals surface area contributed by atoms with Crippen LogP contribution in [0.5, 0.6) is 5.75 Å². The Bertz CT molecular complexity index is 1270. The Labute approximate surface area is 179 Å². The van der Waals surface area contributed by atoms with Crippen molar-refractivity contribution in [3.05, 3.63) is 100 Å². The number of hydrogen-bond donors (Lipinski definition) is 2. The molecule has 0 saturated heterocycles. The minimum atomic E-state index is -0.603. The summed E-state index contributed by atoms with van der Waals surface area (Å²) >= 11 is 0. The smallest absolute Gasteiger partial charge is 0.362 e. The molecule has 0 spiro atoms. The highest BCUT2D eigenvalue weighted by Gasteiger charge is 2.17. The number of ether oxygens (including phenoxy) is 1. The van der Waals surface area contributed by atoms with Gasteiger partial charge in [-0.25, -0.2) is 4.79 Å². The maximum atomic E-state index is 12.7.